The summed E-state index contributed by atoms with van der Waals surface area (Å²) in [7, 11) is 0. The summed E-state index contributed by atoms with van der Waals surface area (Å²) < 4.78 is 0. The number of benzene rings is 2. The van der Waals surface area contributed by atoms with Gasteiger partial charge in [0.1, 0.15) is 0 Å². The van der Waals surface area contributed by atoms with E-state index in [0.29, 0.717) is 11.4 Å². The van der Waals surface area contributed by atoms with Crippen LogP contribution in [0.25, 0.3) is 0 Å². The van der Waals surface area contributed by atoms with Crippen molar-refractivity contribution in [2.24, 2.45) is 0 Å². The zero-order valence-electron chi connectivity index (χ0n) is 10.5. The minimum absolute atomic E-state index is 0. The molecule has 112 valence electrons. The van der Waals surface area contributed by atoms with Crippen LogP contribution in [0.15, 0.2) is 48.5 Å². The Kier molecular flexibility index (Phi) is 7.03. The Morgan fingerprint density at radius 2 is 0.905 bits per heavy atom. The van der Waals surface area contributed by atoms with Crippen molar-refractivity contribution in [2.75, 3.05) is 11.5 Å². The molecule has 6 N–H and O–H groups in total. The van der Waals surface area contributed by atoms with Crippen LogP contribution >= 0.6 is 0 Å². The van der Waals surface area contributed by atoms with E-state index in [9.17, 15) is 9.59 Å². The molecule has 2 rings (SSSR count). The fourth-order valence-electron chi connectivity index (χ4n) is 1.25. The molecule has 0 aliphatic rings. The van der Waals surface area contributed by atoms with E-state index in [-0.39, 0.29) is 18.6 Å². The third-order valence-electron chi connectivity index (χ3n) is 2.32. The molecule has 0 fully saturated rings. The van der Waals surface area contributed by atoms with E-state index >= 15 is 0 Å². The maximum Gasteiger partial charge on any atom is 0.335 e. The number of anilines is 2. The molecule has 0 aromatic heterocycles. The fraction of sp³-hybridized carbons (Fsp3) is 0.0667. The molecule has 0 bridgehead atoms. The summed E-state index contributed by atoms with van der Waals surface area (Å²) >= 11 is 0. The number of hydrogen-bond acceptors (Lipinski definition) is 4. The maximum atomic E-state index is 10.3. The van der Waals surface area contributed by atoms with Gasteiger partial charge >= 0.3 is 11.9 Å². The zero-order chi connectivity index (χ0) is 15.1. The van der Waals surface area contributed by atoms with E-state index < -0.39 is 11.9 Å². The Bertz CT molecular complexity index is 537. The number of nitrogen functional groups attached to an aromatic ring is 2. The van der Waals surface area contributed by atoms with Gasteiger partial charge in [0.05, 0.1) is 11.1 Å². The first-order valence-electron chi connectivity index (χ1n) is 5.58. The Labute approximate surface area is 122 Å². The predicted molar refractivity (Wildman–Crippen MR) is 82.4 cm³/mol. The highest BCUT2D eigenvalue weighted by Crippen LogP contribution is 2.05. The quantitative estimate of drug-likeness (QED) is 0.629. The number of nitrogens with two attached hydrogens (primary N) is 2. The molecule has 21 heavy (non-hydrogen) atoms. The number of hydrogen-bond donors (Lipinski definition) is 4. The molecule has 6 heteroatoms. The minimum Gasteiger partial charge on any atom is -0.478 e. The van der Waals surface area contributed by atoms with E-state index in [1.54, 1.807) is 24.3 Å². The summed E-state index contributed by atoms with van der Waals surface area (Å²) in [4.78, 5) is 20.5. The summed E-state index contributed by atoms with van der Waals surface area (Å²) in [6, 6.07) is 12.1. The Morgan fingerprint density at radius 3 is 1.10 bits per heavy atom. The van der Waals surface area contributed by atoms with Crippen molar-refractivity contribution in [3.05, 3.63) is 59.7 Å². The van der Waals surface area contributed by atoms with Crippen molar-refractivity contribution in [3.63, 3.8) is 0 Å². The van der Waals surface area contributed by atoms with Crippen LogP contribution in [-0.2, 0) is 0 Å². The zero-order valence-corrected chi connectivity index (χ0v) is 10.5. The lowest BCUT2D eigenvalue weighted by molar-refractivity contribution is 0.0686. The number of carboxylic acid groups (broad SMARTS) is 2. The molecule has 0 atom stereocenters. The van der Waals surface area contributed by atoms with Gasteiger partial charge in [-0.25, -0.2) is 9.59 Å². The monoisotopic (exact) mass is 290 g/mol. The molecular formula is C15H18N2O4. The fourth-order valence-corrected chi connectivity index (χ4v) is 1.25. The molecular weight excluding hydrogens is 272 g/mol. The molecule has 0 radical (unpaired) electrons. The standard InChI is InChI=1S/2C7H7NO2.CH4/c2*8-6-3-1-5(2-4-6)7(9)10;/h2*1-4H,8H2,(H,9,10);1H4. The first-order valence-corrected chi connectivity index (χ1v) is 5.58. The SMILES string of the molecule is C.Nc1ccc(C(=O)O)cc1.Nc1ccc(C(=O)O)cc1. The van der Waals surface area contributed by atoms with Gasteiger partial charge in [-0.1, -0.05) is 7.43 Å². The Morgan fingerprint density at radius 1 is 0.667 bits per heavy atom. The third-order valence-corrected chi connectivity index (χ3v) is 2.32. The molecule has 0 saturated carbocycles. The molecule has 0 saturated heterocycles. The highest BCUT2D eigenvalue weighted by Gasteiger charge is 1.99. The molecule has 0 spiro atoms. The van der Waals surface area contributed by atoms with Gasteiger partial charge in [-0.15, -0.1) is 0 Å². The molecule has 2 aromatic carbocycles. The first-order chi connectivity index (χ1) is 9.40. The van der Waals surface area contributed by atoms with Crippen LogP contribution in [0.1, 0.15) is 28.1 Å². The van der Waals surface area contributed by atoms with Gasteiger partial charge in [-0.3, -0.25) is 0 Å². The van der Waals surface area contributed by atoms with Crippen LogP contribution in [0.3, 0.4) is 0 Å². The van der Waals surface area contributed by atoms with Crippen molar-refractivity contribution in [2.45, 2.75) is 7.43 Å². The number of rotatable bonds is 2. The molecule has 0 amide bonds. The van der Waals surface area contributed by atoms with Gasteiger partial charge in [0.25, 0.3) is 0 Å². The molecule has 0 aliphatic heterocycles. The summed E-state index contributed by atoms with van der Waals surface area (Å²) in [6.45, 7) is 0. The first kappa shape index (κ1) is 18.0. The lowest BCUT2D eigenvalue weighted by Crippen LogP contribution is -1.95. The molecule has 2 aromatic rings. The molecule has 0 unspecified atom stereocenters. The molecule has 6 nitrogen and oxygen atoms in total. The highest BCUT2D eigenvalue weighted by atomic mass is 16.4. The van der Waals surface area contributed by atoms with Crippen molar-refractivity contribution >= 4 is 23.3 Å². The second-order valence-corrected chi connectivity index (χ2v) is 3.85. The number of aromatic carboxylic acids is 2. The van der Waals surface area contributed by atoms with E-state index in [1.807, 2.05) is 0 Å². The van der Waals surface area contributed by atoms with Gasteiger partial charge < -0.3 is 21.7 Å². The van der Waals surface area contributed by atoms with Crippen LogP contribution in [-0.4, -0.2) is 22.2 Å². The van der Waals surface area contributed by atoms with E-state index in [4.69, 9.17) is 21.7 Å². The Hall–Kier alpha value is -3.02. The average molecular weight is 290 g/mol. The van der Waals surface area contributed by atoms with E-state index in [1.165, 1.54) is 24.3 Å². The van der Waals surface area contributed by atoms with Crippen LogP contribution < -0.4 is 11.5 Å². The summed E-state index contributed by atoms with van der Waals surface area (Å²) in [5, 5.41) is 16.9. The maximum absolute atomic E-state index is 10.3. The second-order valence-electron chi connectivity index (χ2n) is 3.85. The van der Waals surface area contributed by atoms with Crippen LogP contribution in [0.2, 0.25) is 0 Å². The van der Waals surface area contributed by atoms with Crippen molar-refractivity contribution < 1.29 is 19.8 Å². The van der Waals surface area contributed by atoms with Crippen LogP contribution in [0.5, 0.6) is 0 Å². The highest BCUT2D eigenvalue weighted by molar-refractivity contribution is 5.88. The lowest BCUT2D eigenvalue weighted by Gasteiger charge is -1.93. The lowest BCUT2D eigenvalue weighted by atomic mass is 10.2. The van der Waals surface area contributed by atoms with Crippen LogP contribution in [0, 0.1) is 0 Å². The third kappa shape index (κ3) is 6.11. The second kappa shape index (κ2) is 8.21. The summed E-state index contributed by atoms with van der Waals surface area (Å²) in [6.07, 6.45) is 0. The van der Waals surface area contributed by atoms with Crippen molar-refractivity contribution in [1.29, 1.82) is 0 Å². The average Bonchev–Trinajstić information content (AvgIpc) is 2.40. The van der Waals surface area contributed by atoms with Gasteiger partial charge in [0.2, 0.25) is 0 Å². The normalized spacial score (nSPS) is 8.76. The van der Waals surface area contributed by atoms with Gasteiger partial charge in [0, 0.05) is 11.4 Å². The predicted octanol–water partition coefficient (Wildman–Crippen LogP) is 2.57. The number of carboxylic acids is 2. The summed E-state index contributed by atoms with van der Waals surface area (Å²) in [5.74, 6) is -1.86. The smallest absolute Gasteiger partial charge is 0.335 e. The number of carbonyl (C=O) groups is 2. The van der Waals surface area contributed by atoms with E-state index in [2.05, 4.69) is 0 Å². The van der Waals surface area contributed by atoms with Gasteiger partial charge in [-0.05, 0) is 48.5 Å². The van der Waals surface area contributed by atoms with E-state index in [0.717, 1.165) is 0 Å². The molecule has 0 heterocycles. The van der Waals surface area contributed by atoms with Crippen molar-refractivity contribution in [1.82, 2.24) is 0 Å². The van der Waals surface area contributed by atoms with Crippen molar-refractivity contribution in [3.8, 4) is 0 Å². The van der Waals surface area contributed by atoms with Gasteiger partial charge in [0.15, 0.2) is 0 Å². The van der Waals surface area contributed by atoms with Crippen LogP contribution in [0.4, 0.5) is 11.4 Å². The summed E-state index contributed by atoms with van der Waals surface area (Å²) in [5.41, 5.74) is 12.3. The minimum atomic E-state index is -0.931. The largest absolute Gasteiger partial charge is 0.478 e. The van der Waals surface area contributed by atoms with Gasteiger partial charge in [-0.2, -0.15) is 0 Å². The Balaban J connectivity index is 0.000000364. The molecule has 0 aliphatic carbocycles. The topological polar surface area (TPSA) is 127 Å².